The van der Waals surface area contributed by atoms with E-state index in [1.807, 2.05) is 59.1 Å². The summed E-state index contributed by atoms with van der Waals surface area (Å²) in [7, 11) is 0. The van der Waals surface area contributed by atoms with Gasteiger partial charge in [-0.05, 0) is 91.0 Å². The van der Waals surface area contributed by atoms with Gasteiger partial charge in [0.1, 0.15) is 5.00 Å². The summed E-state index contributed by atoms with van der Waals surface area (Å²) in [6.45, 7) is 0. The number of hydrogen-bond acceptors (Lipinski definition) is 5. The lowest BCUT2D eigenvalue weighted by Crippen LogP contribution is -2.55. The van der Waals surface area contributed by atoms with E-state index in [1.54, 1.807) is 5.56 Å². The summed E-state index contributed by atoms with van der Waals surface area (Å²) in [6, 6.07) is 43.4. The third kappa shape index (κ3) is 4.73. The lowest BCUT2D eigenvalue weighted by molar-refractivity contribution is -0.0263. The molecular formula is C45H36N4S2. The van der Waals surface area contributed by atoms with Crippen LogP contribution in [0.15, 0.2) is 132 Å². The minimum absolute atomic E-state index is 0.208. The fourth-order valence-corrected chi connectivity index (χ4v) is 12.6. The topological polar surface area (TPSA) is 43.6 Å². The van der Waals surface area contributed by atoms with Gasteiger partial charge in [0, 0.05) is 43.1 Å². The molecule has 0 spiro atoms. The molecule has 248 valence electrons. The number of aromatic nitrogens is 4. The maximum Gasteiger partial charge on any atom is 0.164 e. The Morgan fingerprint density at radius 1 is 0.529 bits per heavy atom. The molecule has 4 aliphatic rings. The summed E-state index contributed by atoms with van der Waals surface area (Å²) < 4.78 is 2.50. The Balaban J connectivity index is 0.975. The summed E-state index contributed by atoms with van der Waals surface area (Å²) in [5, 5.41) is 8.82. The molecule has 4 aromatic heterocycles. The predicted molar refractivity (Wildman–Crippen MR) is 211 cm³/mol. The Morgan fingerprint density at radius 3 is 1.67 bits per heavy atom. The average Bonchev–Trinajstić information content (AvgIpc) is 3.94. The molecule has 4 aliphatic carbocycles. The average molecular weight is 697 g/mol. The highest BCUT2D eigenvalue weighted by molar-refractivity contribution is 7.12. The van der Waals surface area contributed by atoms with Crippen molar-refractivity contribution >= 4 is 44.5 Å². The van der Waals surface area contributed by atoms with E-state index in [9.17, 15) is 0 Å². The van der Waals surface area contributed by atoms with Crippen LogP contribution in [0.25, 0.3) is 61.0 Å². The summed E-state index contributed by atoms with van der Waals surface area (Å²) in [5.74, 6) is 3.76. The first-order valence-corrected chi connectivity index (χ1v) is 19.9. The number of nitrogens with zero attached hydrogens (tertiary/aromatic N) is 4. The number of hydrogen-bond donors (Lipinski definition) is 0. The molecule has 4 fully saturated rings. The molecule has 51 heavy (non-hydrogen) atoms. The van der Waals surface area contributed by atoms with E-state index in [4.69, 9.17) is 15.0 Å². The molecular weight excluding hydrogens is 661 g/mol. The Hall–Kier alpha value is -4.91. The van der Waals surface area contributed by atoms with Gasteiger partial charge in [0.15, 0.2) is 17.5 Å². The van der Waals surface area contributed by atoms with Crippen LogP contribution in [0.4, 0.5) is 0 Å². The van der Waals surface area contributed by atoms with Crippen molar-refractivity contribution in [1.82, 2.24) is 19.5 Å². The van der Waals surface area contributed by atoms with Crippen LogP contribution in [-0.2, 0) is 10.8 Å². The molecule has 0 amide bonds. The smallest absolute Gasteiger partial charge is 0.164 e. The van der Waals surface area contributed by atoms with Gasteiger partial charge in [-0.25, -0.2) is 15.0 Å². The van der Waals surface area contributed by atoms with E-state index in [1.165, 1.54) is 70.2 Å². The van der Waals surface area contributed by atoms with Gasteiger partial charge in [-0.1, -0.05) is 97.1 Å². The molecule has 8 aromatic rings. The molecule has 0 radical (unpaired) electrons. The van der Waals surface area contributed by atoms with E-state index in [0.717, 1.165) is 46.0 Å². The van der Waals surface area contributed by atoms with E-state index in [2.05, 4.69) is 100 Å². The maximum atomic E-state index is 5.07. The molecule has 0 N–H and O–H groups in total. The molecule has 2 atom stereocenters. The zero-order chi connectivity index (χ0) is 33.6. The van der Waals surface area contributed by atoms with Gasteiger partial charge in [0.25, 0.3) is 0 Å². The Kier molecular flexibility index (Phi) is 6.60. The highest BCUT2D eigenvalue weighted by Gasteiger charge is 2.59. The van der Waals surface area contributed by atoms with Crippen molar-refractivity contribution in [2.24, 2.45) is 11.8 Å². The van der Waals surface area contributed by atoms with Crippen LogP contribution in [0.1, 0.15) is 49.0 Å². The second-order valence-corrected chi connectivity index (χ2v) is 17.1. The van der Waals surface area contributed by atoms with Crippen molar-refractivity contribution in [2.75, 3.05) is 0 Å². The highest BCUT2D eigenvalue weighted by atomic mass is 32.1. The van der Waals surface area contributed by atoms with Crippen LogP contribution in [0.2, 0.25) is 0 Å². The standard InChI is InChI=1S/C45H36N4S2/c1-3-11-31(12-4-1)41-46-42(32-13-5-2-6-14-32)48-43(47-41)33-20-39(50-26-33)45-24-29-19-30(25-45)23-44(22-29,28-45)34-21-40(51-27-34)49-37-17-9-7-15-35(37)36-16-8-10-18-38(36)49/h1-18,20-21,26-27,29-30H,19,22-25,28H2. The summed E-state index contributed by atoms with van der Waals surface area (Å²) in [4.78, 5) is 16.6. The molecule has 4 nitrogen and oxygen atoms in total. The lowest BCUT2D eigenvalue weighted by Gasteiger charge is -2.62. The Morgan fingerprint density at radius 2 is 1.06 bits per heavy atom. The third-order valence-electron chi connectivity index (χ3n) is 12.1. The van der Waals surface area contributed by atoms with Gasteiger partial charge in [0.05, 0.1) is 11.0 Å². The number of para-hydroxylation sites is 2. The van der Waals surface area contributed by atoms with Gasteiger partial charge in [-0.2, -0.15) is 0 Å². The summed E-state index contributed by atoms with van der Waals surface area (Å²) >= 11 is 3.86. The molecule has 0 aliphatic heterocycles. The van der Waals surface area contributed by atoms with E-state index < -0.39 is 0 Å². The molecule has 2 unspecified atom stereocenters. The maximum absolute atomic E-state index is 5.07. The van der Waals surface area contributed by atoms with Crippen LogP contribution in [0.5, 0.6) is 0 Å². The normalized spacial score (nSPS) is 23.8. The van der Waals surface area contributed by atoms with Crippen LogP contribution in [0.3, 0.4) is 0 Å². The quantitative estimate of drug-likeness (QED) is 0.174. The molecule has 4 bridgehead atoms. The van der Waals surface area contributed by atoms with Crippen LogP contribution < -0.4 is 0 Å². The molecule has 12 rings (SSSR count). The van der Waals surface area contributed by atoms with Crippen LogP contribution >= 0.6 is 22.7 Å². The summed E-state index contributed by atoms with van der Waals surface area (Å²) in [5.41, 5.74) is 7.72. The predicted octanol–water partition coefficient (Wildman–Crippen LogP) is 11.9. The fourth-order valence-electron chi connectivity index (χ4n) is 10.4. The summed E-state index contributed by atoms with van der Waals surface area (Å²) in [6.07, 6.45) is 7.87. The monoisotopic (exact) mass is 696 g/mol. The number of rotatable bonds is 6. The SMILES string of the molecule is c1ccc(-c2nc(-c3ccccc3)nc(-c3csc(C45CC6CC(CC(c7csc(-n8c9ccccc9c9ccccc98)c7)(C6)C4)C5)c3)n2)cc1. The molecule has 4 aromatic carbocycles. The number of fused-ring (bicyclic) bond motifs is 3. The second-order valence-electron chi connectivity index (χ2n) is 15.3. The first-order valence-electron chi connectivity index (χ1n) is 18.2. The van der Waals surface area contributed by atoms with Crippen molar-refractivity contribution in [3.05, 3.63) is 143 Å². The highest BCUT2D eigenvalue weighted by Crippen LogP contribution is 2.67. The molecule has 4 saturated carbocycles. The van der Waals surface area contributed by atoms with Gasteiger partial charge in [0.2, 0.25) is 0 Å². The zero-order valence-electron chi connectivity index (χ0n) is 28.2. The molecule has 6 heteroatoms. The van der Waals surface area contributed by atoms with E-state index in [-0.39, 0.29) is 10.8 Å². The van der Waals surface area contributed by atoms with Crippen LogP contribution in [0, 0.1) is 11.8 Å². The van der Waals surface area contributed by atoms with Gasteiger partial charge in [-0.15, -0.1) is 22.7 Å². The molecule has 0 saturated heterocycles. The minimum atomic E-state index is 0.208. The second kappa shape index (κ2) is 11.3. The third-order valence-corrected chi connectivity index (χ3v) is 14.2. The minimum Gasteiger partial charge on any atom is -0.301 e. The van der Waals surface area contributed by atoms with Crippen molar-refractivity contribution in [3.8, 4) is 39.2 Å². The van der Waals surface area contributed by atoms with Gasteiger partial charge in [-0.3, -0.25) is 0 Å². The Bertz CT molecular complexity index is 2450. The largest absolute Gasteiger partial charge is 0.301 e. The Labute approximate surface area is 305 Å². The van der Waals surface area contributed by atoms with Crippen molar-refractivity contribution in [3.63, 3.8) is 0 Å². The first-order chi connectivity index (χ1) is 25.1. The van der Waals surface area contributed by atoms with Crippen molar-refractivity contribution in [2.45, 2.75) is 49.4 Å². The first kappa shape index (κ1) is 29.8. The molecule has 4 heterocycles. The number of benzene rings is 4. The van der Waals surface area contributed by atoms with Crippen molar-refractivity contribution in [1.29, 1.82) is 0 Å². The van der Waals surface area contributed by atoms with Crippen molar-refractivity contribution < 1.29 is 0 Å². The number of thiophene rings is 2. The van der Waals surface area contributed by atoms with E-state index >= 15 is 0 Å². The van der Waals surface area contributed by atoms with Crippen LogP contribution in [-0.4, -0.2) is 19.5 Å². The fraction of sp³-hybridized carbons (Fsp3) is 0.222. The van der Waals surface area contributed by atoms with Gasteiger partial charge < -0.3 is 4.57 Å². The van der Waals surface area contributed by atoms with Gasteiger partial charge >= 0.3 is 0 Å². The lowest BCUT2D eigenvalue weighted by atomic mass is 9.43. The zero-order valence-corrected chi connectivity index (χ0v) is 29.8. The van der Waals surface area contributed by atoms with E-state index in [0.29, 0.717) is 0 Å².